The lowest BCUT2D eigenvalue weighted by molar-refractivity contribution is 0.455. The third-order valence-corrected chi connectivity index (χ3v) is 7.26. The molecule has 0 spiro atoms. The van der Waals surface area contributed by atoms with Crippen LogP contribution in [0.1, 0.15) is 30.9 Å². The minimum atomic E-state index is -3.21. The Morgan fingerprint density at radius 2 is 2.15 bits per heavy atom. The van der Waals surface area contributed by atoms with Crippen molar-refractivity contribution in [2.75, 3.05) is 12.8 Å². The zero-order valence-electron chi connectivity index (χ0n) is 11.0. The van der Waals surface area contributed by atoms with Crippen molar-refractivity contribution in [2.24, 2.45) is 0 Å². The van der Waals surface area contributed by atoms with E-state index in [1.807, 2.05) is 0 Å². The Kier molecular flexibility index (Phi) is 5.10. The number of rotatable bonds is 3. The third kappa shape index (κ3) is 3.03. The molecule has 1 fully saturated rings. The second kappa shape index (κ2) is 6.30. The van der Waals surface area contributed by atoms with Crippen LogP contribution >= 0.6 is 27.5 Å². The van der Waals surface area contributed by atoms with Crippen molar-refractivity contribution in [1.29, 1.82) is 0 Å². The first-order valence-corrected chi connectivity index (χ1v) is 9.29. The van der Waals surface area contributed by atoms with Gasteiger partial charge in [-0.2, -0.15) is 0 Å². The van der Waals surface area contributed by atoms with Gasteiger partial charge in [-0.25, -0.2) is 12.8 Å². The zero-order chi connectivity index (χ0) is 14.9. The lowest BCUT2D eigenvalue weighted by Gasteiger charge is -2.30. The summed E-state index contributed by atoms with van der Waals surface area (Å²) in [4.78, 5) is 0. The van der Waals surface area contributed by atoms with Gasteiger partial charge in [-0.1, -0.05) is 24.1 Å². The molecule has 0 radical (unpaired) electrons. The smallest absolute Gasteiger partial charge is 0.155 e. The average Bonchev–Trinajstić information content (AvgIpc) is 2.40. The number of halogens is 3. The Bertz CT molecular complexity index is 609. The van der Waals surface area contributed by atoms with Gasteiger partial charge < -0.3 is 5.32 Å². The van der Waals surface area contributed by atoms with Crippen molar-refractivity contribution < 1.29 is 12.8 Å². The lowest BCUT2D eigenvalue weighted by atomic mass is 9.99. The molecule has 112 valence electrons. The van der Waals surface area contributed by atoms with E-state index < -0.39 is 26.9 Å². The molecule has 1 aromatic carbocycles. The van der Waals surface area contributed by atoms with Gasteiger partial charge in [-0.3, -0.25) is 0 Å². The van der Waals surface area contributed by atoms with Gasteiger partial charge in [0, 0.05) is 10.0 Å². The van der Waals surface area contributed by atoms with Crippen LogP contribution in [0.25, 0.3) is 0 Å². The maximum atomic E-state index is 14.3. The fourth-order valence-electron chi connectivity index (χ4n) is 2.68. The van der Waals surface area contributed by atoms with E-state index in [1.165, 1.54) is 0 Å². The first kappa shape index (κ1) is 16.2. The standard InChI is InChI=1S/C13H16BrClFNO2S/c1-17-13(10-4-2-3-7-20(10,18)19)8-5-6-9(14)11(15)12(8)16/h5-6,10,13,17H,2-4,7H2,1H3. The third-order valence-electron chi connectivity index (χ3n) is 3.71. The van der Waals surface area contributed by atoms with E-state index in [2.05, 4.69) is 21.2 Å². The number of sulfone groups is 1. The van der Waals surface area contributed by atoms with Crippen LogP contribution in [-0.4, -0.2) is 26.5 Å². The molecular formula is C13H16BrClFNO2S. The minimum Gasteiger partial charge on any atom is -0.312 e. The van der Waals surface area contributed by atoms with Crippen LogP contribution in [-0.2, 0) is 9.84 Å². The normalized spacial score (nSPS) is 23.5. The summed E-state index contributed by atoms with van der Waals surface area (Å²) in [5.74, 6) is -0.400. The van der Waals surface area contributed by atoms with Gasteiger partial charge in [0.15, 0.2) is 9.84 Å². The van der Waals surface area contributed by atoms with Crippen LogP contribution in [0.4, 0.5) is 4.39 Å². The fraction of sp³-hybridized carbons (Fsp3) is 0.538. The SMILES string of the molecule is CNC(c1ccc(Br)c(Cl)c1F)C1CCCCS1(=O)=O. The molecule has 2 rings (SSSR count). The molecule has 3 nitrogen and oxygen atoms in total. The quantitative estimate of drug-likeness (QED) is 0.812. The number of nitrogens with one attached hydrogen (secondary N) is 1. The molecule has 0 bridgehead atoms. The fourth-order valence-corrected chi connectivity index (χ4v) is 5.29. The van der Waals surface area contributed by atoms with E-state index in [0.717, 1.165) is 6.42 Å². The van der Waals surface area contributed by atoms with Crippen molar-refractivity contribution >= 4 is 37.4 Å². The first-order chi connectivity index (χ1) is 9.38. The highest BCUT2D eigenvalue weighted by molar-refractivity contribution is 9.10. The van der Waals surface area contributed by atoms with E-state index in [4.69, 9.17) is 11.6 Å². The van der Waals surface area contributed by atoms with Gasteiger partial charge >= 0.3 is 0 Å². The van der Waals surface area contributed by atoms with Gasteiger partial charge in [-0.05, 0) is 41.9 Å². The van der Waals surface area contributed by atoms with Gasteiger partial charge in [0.2, 0.25) is 0 Å². The number of hydrogen-bond donors (Lipinski definition) is 1. The van der Waals surface area contributed by atoms with E-state index in [0.29, 0.717) is 22.9 Å². The van der Waals surface area contributed by atoms with Crippen LogP contribution < -0.4 is 5.32 Å². The van der Waals surface area contributed by atoms with E-state index >= 15 is 0 Å². The Morgan fingerprint density at radius 3 is 2.75 bits per heavy atom. The predicted molar refractivity (Wildman–Crippen MR) is 82.3 cm³/mol. The maximum absolute atomic E-state index is 14.3. The minimum absolute atomic E-state index is 0.0176. The average molecular weight is 385 g/mol. The van der Waals surface area contributed by atoms with Gasteiger partial charge in [-0.15, -0.1) is 0 Å². The summed E-state index contributed by atoms with van der Waals surface area (Å²) >= 11 is 9.05. The van der Waals surface area contributed by atoms with Crippen LogP contribution in [0.5, 0.6) is 0 Å². The van der Waals surface area contributed by atoms with Crippen LogP contribution in [0.2, 0.25) is 5.02 Å². The summed E-state index contributed by atoms with van der Waals surface area (Å²) in [6.45, 7) is 0. The Labute approximate surface area is 131 Å². The Balaban J connectivity index is 2.45. The van der Waals surface area contributed by atoms with Gasteiger partial charge in [0.05, 0.1) is 22.1 Å². The molecule has 1 N–H and O–H groups in total. The van der Waals surface area contributed by atoms with E-state index in [-0.39, 0.29) is 10.8 Å². The highest BCUT2D eigenvalue weighted by Gasteiger charge is 2.37. The highest BCUT2D eigenvalue weighted by Crippen LogP contribution is 2.35. The molecule has 1 heterocycles. The second-order valence-electron chi connectivity index (χ2n) is 4.93. The van der Waals surface area contributed by atoms with Gasteiger partial charge in [0.25, 0.3) is 0 Å². The molecule has 1 aliphatic rings. The lowest BCUT2D eigenvalue weighted by Crippen LogP contribution is -2.39. The summed E-state index contributed by atoms with van der Waals surface area (Å²) in [7, 11) is -1.56. The molecular weight excluding hydrogens is 369 g/mol. The summed E-state index contributed by atoms with van der Waals surface area (Å²) < 4.78 is 39.2. The van der Waals surface area contributed by atoms with E-state index in [1.54, 1.807) is 19.2 Å². The maximum Gasteiger partial charge on any atom is 0.155 e. The van der Waals surface area contributed by atoms with Crippen LogP contribution in [0, 0.1) is 5.82 Å². The molecule has 0 aliphatic carbocycles. The molecule has 1 saturated heterocycles. The molecule has 2 atom stereocenters. The monoisotopic (exact) mass is 383 g/mol. The molecule has 0 aromatic heterocycles. The van der Waals surface area contributed by atoms with Crippen molar-refractivity contribution in [3.8, 4) is 0 Å². The topological polar surface area (TPSA) is 46.2 Å². The summed E-state index contributed by atoms with van der Waals surface area (Å²) in [5, 5.41) is 2.32. The molecule has 1 aliphatic heterocycles. The van der Waals surface area contributed by atoms with Crippen LogP contribution in [0.15, 0.2) is 16.6 Å². The number of benzene rings is 1. The van der Waals surface area contributed by atoms with Crippen molar-refractivity contribution in [1.82, 2.24) is 5.32 Å². The van der Waals surface area contributed by atoms with Crippen molar-refractivity contribution in [3.63, 3.8) is 0 Å². The second-order valence-corrected chi connectivity index (χ2v) is 8.50. The molecule has 20 heavy (non-hydrogen) atoms. The Morgan fingerprint density at radius 1 is 1.45 bits per heavy atom. The predicted octanol–water partition coefficient (Wildman–Crippen LogP) is 3.47. The Hall–Kier alpha value is -0.170. The van der Waals surface area contributed by atoms with Gasteiger partial charge in [0.1, 0.15) is 5.82 Å². The molecule has 7 heteroatoms. The summed E-state index contributed by atoms with van der Waals surface area (Å²) in [6.07, 6.45) is 2.06. The molecule has 2 unspecified atom stereocenters. The summed E-state index contributed by atoms with van der Waals surface area (Å²) in [6, 6.07) is 2.64. The van der Waals surface area contributed by atoms with Crippen LogP contribution in [0.3, 0.4) is 0 Å². The number of hydrogen-bond acceptors (Lipinski definition) is 3. The first-order valence-electron chi connectivity index (χ1n) is 6.40. The zero-order valence-corrected chi connectivity index (χ0v) is 14.2. The van der Waals surface area contributed by atoms with Crippen molar-refractivity contribution in [2.45, 2.75) is 30.6 Å². The van der Waals surface area contributed by atoms with E-state index in [9.17, 15) is 12.8 Å². The largest absolute Gasteiger partial charge is 0.312 e. The summed E-state index contributed by atoms with van der Waals surface area (Å²) in [5.41, 5.74) is 0.302. The molecule has 0 amide bonds. The van der Waals surface area contributed by atoms with Crippen molar-refractivity contribution in [3.05, 3.63) is 33.0 Å². The highest BCUT2D eigenvalue weighted by atomic mass is 79.9. The molecule has 1 aromatic rings. The molecule has 0 saturated carbocycles.